The Bertz CT molecular complexity index is 515. The van der Waals surface area contributed by atoms with Crippen LogP contribution in [0, 0.1) is 0 Å². The molecule has 1 amide bonds. The number of hydrogen-bond donors (Lipinski definition) is 1. The number of hydrogen-bond acceptors (Lipinski definition) is 2. The molecule has 0 unspecified atom stereocenters. The molecule has 1 N–H and O–H groups in total. The number of carbonyl (C=O) groups is 1. The number of rotatable bonds is 3. The van der Waals surface area contributed by atoms with Crippen molar-refractivity contribution >= 4 is 21.8 Å². The summed E-state index contributed by atoms with van der Waals surface area (Å²) in [6.45, 7) is 2.95. The Morgan fingerprint density at radius 2 is 1.90 bits per heavy atom. The summed E-state index contributed by atoms with van der Waals surface area (Å²) in [6, 6.07) is 3.30. The van der Waals surface area contributed by atoms with Gasteiger partial charge >= 0.3 is 6.18 Å². The molecule has 0 radical (unpaired) electrons. The van der Waals surface area contributed by atoms with Gasteiger partial charge in [-0.25, -0.2) is 0 Å². The topological polar surface area (TPSA) is 40.5 Å². The summed E-state index contributed by atoms with van der Waals surface area (Å²) in [6.07, 6.45) is -4.54. The molecule has 1 aromatic carbocycles. The quantitative estimate of drug-likeness (QED) is 0.905. The Balaban J connectivity index is 3.19. The van der Waals surface area contributed by atoms with Crippen molar-refractivity contribution in [3.8, 4) is 0 Å². The van der Waals surface area contributed by atoms with Crippen LogP contribution in [0.5, 0.6) is 0 Å². The highest BCUT2D eigenvalue weighted by Gasteiger charge is 2.35. The van der Waals surface area contributed by atoms with Gasteiger partial charge in [0.1, 0.15) is 0 Å². The van der Waals surface area contributed by atoms with Gasteiger partial charge in [-0.2, -0.15) is 13.2 Å². The molecule has 3 nitrogen and oxygen atoms in total. The minimum Gasteiger partial charge on any atom is -0.394 e. The highest BCUT2D eigenvalue weighted by atomic mass is 79.9. The van der Waals surface area contributed by atoms with Gasteiger partial charge in [0, 0.05) is 17.1 Å². The monoisotopic (exact) mass is 353 g/mol. The third-order valence-electron chi connectivity index (χ3n) is 3.12. The van der Waals surface area contributed by atoms with E-state index >= 15 is 0 Å². The van der Waals surface area contributed by atoms with Crippen molar-refractivity contribution in [2.75, 3.05) is 13.7 Å². The number of likely N-dealkylation sites (N-methyl/N-ethyl adjacent to an activating group) is 1. The molecule has 0 aliphatic heterocycles. The Labute approximate surface area is 123 Å². The zero-order valence-corrected chi connectivity index (χ0v) is 12.8. The van der Waals surface area contributed by atoms with Crippen LogP contribution in [0.1, 0.15) is 29.8 Å². The first-order chi connectivity index (χ1) is 9.00. The van der Waals surface area contributed by atoms with Gasteiger partial charge in [-0.1, -0.05) is 15.9 Å². The molecule has 0 saturated carbocycles. The summed E-state index contributed by atoms with van der Waals surface area (Å²) >= 11 is 2.82. The van der Waals surface area contributed by atoms with E-state index in [1.165, 1.54) is 24.1 Å². The lowest BCUT2D eigenvalue weighted by atomic mass is 10.0. The van der Waals surface area contributed by atoms with Crippen LogP contribution in [-0.4, -0.2) is 35.1 Å². The summed E-state index contributed by atoms with van der Waals surface area (Å²) in [7, 11) is 1.44. The van der Waals surface area contributed by atoms with Gasteiger partial charge in [0.2, 0.25) is 0 Å². The number of aliphatic hydroxyl groups is 1. The van der Waals surface area contributed by atoms with Crippen molar-refractivity contribution in [2.24, 2.45) is 0 Å². The number of carbonyl (C=O) groups excluding carboxylic acids is 1. The molecule has 112 valence electrons. The fourth-order valence-corrected chi connectivity index (χ4v) is 1.92. The molecule has 0 spiro atoms. The second-order valence-electron chi connectivity index (χ2n) is 5.03. The zero-order chi connectivity index (χ0) is 15.7. The van der Waals surface area contributed by atoms with Crippen molar-refractivity contribution in [3.63, 3.8) is 0 Å². The van der Waals surface area contributed by atoms with Gasteiger partial charge in [0.25, 0.3) is 5.91 Å². The summed E-state index contributed by atoms with van der Waals surface area (Å²) in [5, 5.41) is 9.21. The molecule has 0 aliphatic carbocycles. The minimum atomic E-state index is -4.54. The Hall–Kier alpha value is -1.08. The highest BCUT2D eigenvalue weighted by molar-refractivity contribution is 9.10. The Morgan fingerprint density at radius 1 is 1.35 bits per heavy atom. The first-order valence-corrected chi connectivity index (χ1v) is 6.56. The Morgan fingerprint density at radius 3 is 2.35 bits per heavy atom. The molecule has 0 saturated heterocycles. The predicted octanol–water partition coefficient (Wildman–Crippen LogP) is 3.31. The van der Waals surface area contributed by atoms with Crippen LogP contribution < -0.4 is 0 Å². The van der Waals surface area contributed by atoms with Crippen LogP contribution in [0.15, 0.2) is 22.7 Å². The van der Waals surface area contributed by atoms with Crippen molar-refractivity contribution in [1.29, 1.82) is 0 Å². The standard InChI is InChI=1S/C13H15BrF3NO2/c1-12(2,7-19)18(3)11(20)8-4-5-10(14)9(6-8)13(15,16)17/h4-6,19H,7H2,1-3H3. The molecule has 0 aliphatic rings. The molecule has 0 atom stereocenters. The third-order valence-corrected chi connectivity index (χ3v) is 3.81. The molecule has 20 heavy (non-hydrogen) atoms. The predicted molar refractivity (Wildman–Crippen MR) is 72.4 cm³/mol. The molecule has 1 rings (SSSR count). The molecular weight excluding hydrogens is 339 g/mol. The van der Waals surface area contributed by atoms with Crippen molar-refractivity contribution in [1.82, 2.24) is 4.90 Å². The van der Waals surface area contributed by atoms with Crippen molar-refractivity contribution in [2.45, 2.75) is 25.6 Å². The lowest BCUT2D eigenvalue weighted by molar-refractivity contribution is -0.138. The normalized spacial score (nSPS) is 12.4. The molecular formula is C13H15BrF3NO2. The molecule has 0 fully saturated rings. The number of aliphatic hydroxyl groups excluding tert-OH is 1. The van der Waals surface area contributed by atoms with E-state index in [0.29, 0.717) is 0 Å². The van der Waals surface area contributed by atoms with Gasteiger partial charge in [-0.05, 0) is 32.0 Å². The number of alkyl halides is 3. The van der Waals surface area contributed by atoms with Crippen LogP contribution in [0.25, 0.3) is 0 Å². The van der Waals surface area contributed by atoms with Crippen LogP contribution in [-0.2, 0) is 6.18 Å². The first-order valence-electron chi connectivity index (χ1n) is 5.76. The van der Waals surface area contributed by atoms with Gasteiger partial charge in [0.05, 0.1) is 17.7 Å². The minimum absolute atomic E-state index is 0.0791. The average molecular weight is 354 g/mol. The fraction of sp³-hybridized carbons (Fsp3) is 0.462. The summed E-state index contributed by atoms with van der Waals surface area (Å²) < 4.78 is 38.3. The lowest BCUT2D eigenvalue weighted by Crippen LogP contribution is -2.47. The number of amides is 1. The van der Waals surface area contributed by atoms with E-state index in [4.69, 9.17) is 0 Å². The van der Waals surface area contributed by atoms with E-state index in [0.717, 1.165) is 6.07 Å². The van der Waals surface area contributed by atoms with Crippen LogP contribution in [0.3, 0.4) is 0 Å². The van der Waals surface area contributed by atoms with E-state index in [-0.39, 0.29) is 16.6 Å². The summed E-state index contributed by atoms with van der Waals surface area (Å²) in [5.41, 5.74) is -1.84. The average Bonchev–Trinajstić information content (AvgIpc) is 2.36. The van der Waals surface area contributed by atoms with Crippen LogP contribution in [0.4, 0.5) is 13.2 Å². The van der Waals surface area contributed by atoms with Crippen molar-refractivity contribution in [3.05, 3.63) is 33.8 Å². The summed E-state index contributed by atoms with van der Waals surface area (Å²) in [4.78, 5) is 13.4. The molecule has 0 aromatic heterocycles. The maximum atomic E-state index is 12.8. The smallest absolute Gasteiger partial charge is 0.394 e. The molecule has 0 bridgehead atoms. The molecule has 0 heterocycles. The zero-order valence-electron chi connectivity index (χ0n) is 11.3. The Kier molecular flexibility index (Phi) is 4.86. The maximum Gasteiger partial charge on any atom is 0.417 e. The van der Waals surface area contributed by atoms with E-state index in [1.807, 2.05) is 0 Å². The molecule has 7 heteroatoms. The maximum absolute atomic E-state index is 12.8. The van der Waals surface area contributed by atoms with Gasteiger partial charge < -0.3 is 10.0 Å². The highest BCUT2D eigenvalue weighted by Crippen LogP contribution is 2.35. The largest absolute Gasteiger partial charge is 0.417 e. The van der Waals surface area contributed by atoms with Crippen LogP contribution in [0.2, 0.25) is 0 Å². The second kappa shape index (κ2) is 5.73. The van der Waals surface area contributed by atoms with Crippen LogP contribution >= 0.6 is 15.9 Å². The van der Waals surface area contributed by atoms with Crippen molar-refractivity contribution < 1.29 is 23.1 Å². The first kappa shape index (κ1) is 17.0. The van der Waals surface area contributed by atoms with E-state index in [9.17, 15) is 23.1 Å². The number of nitrogens with zero attached hydrogens (tertiary/aromatic N) is 1. The van der Waals surface area contributed by atoms with E-state index in [2.05, 4.69) is 15.9 Å². The second-order valence-corrected chi connectivity index (χ2v) is 5.88. The number of halogens is 4. The van der Waals surface area contributed by atoms with E-state index in [1.54, 1.807) is 13.8 Å². The summed E-state index contributed by atoms with van der Waals surface area (Å²) in [5.74, 6) is -0.581. The lowest BCUT2D eigenvalue weighted by Gasteiger charge is -2.34. The SMILES string of the molecule is CN(C(=O)c1ccc(Br)c(C(F)(F)F)c1)C(C)(C)CO. The fourth-order valence-electron chi connectivity index (χ4n) is 1.45. The number of benzene rings is 1. The van der Waals surface area contributed by atoms with Gasteiger partial charge in [-0.3, -0.25) is 4.79 Å². The third kappa shape index (κ3) is 3.52. The van der Waals surface area contributed by atoms with Gasteiger partial charge in [0.15, 0.2) is 0 Å². The molecule has 1 aromatic rings. The van der Waals surface area contributed by atoms with E-state index < -0.39 is 23.2 Å². The van der Waals surface area contributed by atoms with Gasteiger partial charge in [-0.15, -0.1) is 0 Å².